The number of aromatic nitrogens is 2. The summed E-state index contributed by atoms with van der Waals surface area (Å²) >= 11 is 5.35. The molecule has 0 fully saturated rings. The SMILES string of the molecule is CCCCC(C)n1c(=S)[nH]c2cc(F)c(OC)cc21. The van der Waals surface area contributed by atoms with Crippen LogP contribution in [0.25, 0.3) is 11.0 Å². The number of H-pyrrole nitrogens is 1. The maximum absolute atomic E-state index is 13.7. The van der Waals surface area contributed by atoms with E-state index < -0.39 is 0 Å². The minimum Gasteiger partial charge on any atom is -0.494 e. The van der Waals surface area contributed by atoms with Gasteiger partial charge in [0.2, 0.25) is 0 Å². The predicted molar refractivity (Wildman–Crippen MR) is 77.9 cm³/mol. The van der Waals surface area contributed by atoms with Crippen LogP contribution in [0, 0.1) is 10.6 Å². The van der Waals surface area contributed by atoms with E-state index in [0.717, 1.165) is 24.8 Å². The molecule has 0 saturated carbocycles. The first-order valence-electron chi connectivity index (χ1n) is 6.56. The van der Waals surface area contributed by atoms with Gasteiger partial charge in [0.25, 0.3) is 0 Å². The molecule has 5 heteroatoms. The normalized spacial score (nSPS) is 12.8. The minimum absolute atomic E-state index is 0.248. The molecule has 1 aromatic carbocycles. The Bertz CT molecular complexity index is 632. The first-order valence-corrected chi connectivity index (χ1v) is 6.97. The first-order chi connectivity index (χ1) is 9.08. The lowest BCUT2D eigenvalue weighted by atomic mass is 10.1. The highest BCUT2D eigenvalue weighted by Gasteiger charge is 2.14. The van der Waals surface area contributed by atoms with Gasteiger partial charge in [0.05, 0.1) is 18.1 Å². The lowest BCUT2D eigenvalue weighted by molar-refractivity contribution is 0.387. The van der Waals surface area contributed by atoms with E-state index in [0.29, 0.717) is 10.3 Å². The molecule has 0 radical (unpaired) electrons. The largest absolute Gasteiger partial charge is 0.494 e. The van der Waals surface area contributed by atoms with Gasteiger partial charge in [-0.3, -0.25) is 0 Å². The molecule has 2 aromatic rings. The monoisotopic (exact) mass is 282 g/mol. The van der Waals surface area contributed by atoms with Gasteiger partial charge in [-0.05, 0) is 25.6 Å². The number of imidazole rings is 1. The predicted octanol–water partition coefficient (Wildman–Crippen LogP) is 4.60. The van der Waals surface area contributed by atoms with Gasteiger partial charge in [-0.25, -0.2) is 4.39 Å². The van der Waals surface area contributed by atoms with E-state index in [4.69, 9.17) is 17.0 Å². The Kier molecular flexibility index (Phi) is 4.24. The van der Waals surface area contributed by atoms with Crippen molar-refractivity contribution < 1.29 is 9.13 Å². The van der Waals surface area contributed by atoms with Crippen LogP contribution in [0.5, 0.6) is 5.75 Å². The van der Waals surface area contributed by atoms with Crippen molar-refractivity contribution in [3.63, 3.8) is 0 Å². The zero-order valence-corrected chi connectivity index (χ0v) is 12.3. The Morgan fingerprint density at radius 1 is 1.47 bits per heavy atom. The Labute approximate surface area is 117 Å². The average molecular weight is 282 g/mol. The quantitative estimate of drug-likeness (QED) is 0.812. The molecule has 104 valence electrons. The highest BCUT2D eigenvalue weighted by molar-refractivity contribution is 7.71. The maximum atomic E-state index is 13.7. The number of unbranched alkanes of at least 4 members (excludes halogenated alkanes) is 1. The molecule has 0 aliphatic heterocycles. The highest BCUT2D eigenvalue weighted by Crippen LogP contribution is 2.28. The number of aromatic amines is 1. The summed E-state index contributed by atoms with van der Waals surface area (Å²) in [5.41, 5.74) is 1.61. The van der Waals surface area contributed by atoms with Gasteiger partial charge in [0, 0.05) is 18.2 Å². The Balaban J connectivity index is 2.54. The summed E-state index contributed by atoms with van der Waals surface area (Å²) in [6, 6.07) is 3.43. The standard InChI is InChI=1S/C14H19FN2OS/c1-4-5-6-9(2)17-12-8-13(18-3)10(15)7-11(12)16-14(17)19/h7-9H,4-6H2,1-3H3,(H,16,19). The molecule has 1 unspecified atom stereocenters. The zero-order chi connectivity index (χ0) is 14.0. The van der Waals surface area contributed by atoms with E-state index in [1.165, 1.54) is 13.2 Å². The number of methoxy groups -OCH3 is 1. The molecule has 19 heavy (non-hydrogen) atoms. The van der Waals surface area contributed by atoms with Gasteiger partial charge >= 0.3 is 0 Å². The highest BCUT2D eigenvalue weighted by atomic mass is 32.1. The van der Waals surface area contributed by atoms with Gasteiger partial charge in [0.1, 0.15) is 0 Å². The summed E-state index contributed by atoms with van der Waals surface area (Å²) in [5.74, 6) is -0.127. The summed E-state index contributed by atoms with van der Waals surface area (Å²) in [4.78, 5) is 3.06. The van der Waals surface area contributed by atoms with Crippen LogP contribution in [0.4, 0.5) is 4.39 Å². The molecule has 1 aromatic heterocycles. The Hall–Kier alpha value is -1.36. The van der Waals surface area contributed by atoms with Gasteiger partial charge < -0.3 is 14.3 Å². The summed E-state index contributed by atoms with van der Waals surface area (Å²) in [6.07, 6.45) is 3.35. The molecular weight excluding hydrogens is 263 g/mol. The van der Waals surface area contributed by atoms with Gasteiger partial charge in [-0.15, -0.1) is 0 Å². The number of nitrogens with zero attached hydrogens (tertiary/aromatic N) is 1. The fourth-order valence-electron chi connectivity index (χ4n) is 2.35. The second-order valence-electron chi connectivity index (χ2n) is 4.80. The van der Waals surface area contributed by atoms with E-state index in [2.05, 4.69) is 18.8 Å². The van der Waals surface area contributed by atoms with E-state index in [9.17, 15) is 4.39 Å². The number of benzene rings is 1. The maximum Gasteiger partial charge on any atom is 0.178 e. The Morgan fingerprint density at radius 2 is 2.21 bits per heavy atom. The van der Waals surface area contributed by atoms with Gasteiger partial charge in [-0.2, -0.15) is 0 Å². The summed E-state index contributed by atoms with van der Waals surface area (Å²) in [6.45, 7) is 4.30. The van der Waals surface area contributed by atoms with Crippen molar-refractivity contribution in [2.45, 2.75) is 39.2 Å². The van der Waals surface area contributed by atoms with Crippen LogP contribution < -0.4 is 4.74 Å². The summed E-state index contributed by atoms with van der Waals surface area (Å²) < 4.78 is 21.4. The van der Waals surface area contributed by atoms with Crippen LogP contribution in [0.3, 0.4) is 0 Å². The molecule has 3 nitrogen and oxygen atoms in total. The van der Waals surface area contributed by atoms with Gasteiger partial charge in [-0.1, -0.05) is 19.8 Å². The van der Waals surface area contributed by atoms with Gasteiger partial charge in [0.15, 0.2) is 16.3 Å². The van der Waals surface area contributed by atoms with Crippen molar-refractivity contribution in [2.24, 2.45) is 0 Å². The average Bonchev–Trinajstić information content (AvgIpc) is 2.69. The number of fused-ring (bicyclic) bond motifs is 1. The number of hydrogen-bond acceptors (Lipinski definition) is 2. The molecule has 1 atom stereocenters. The van der Waals surface area contributed by atoms with Crippen LogP contribution in [-0.2, 0) is 0 Å². The second-order valence-corrected chi connectivity index (χ2v) is 5.18. The van der Waals surface area contributed by atoms with Crippen LogP contribution in [-0.4, -0.2) is 16.7 Å². The molecule has 1 heterocycles. The van der Waals surface area contributed by atoms with Crippen molar-refractivity contribution >= 4 is 23.3 Å². The van der Waals surface area contributed by atoms with E-state index in [1.807, 2.05) is 4.57 Å². The van der Waals surface area contributed by atoms with E-state index in [-0.39, 0.29) is 17.6 Å². The lowest BCUT2D eigenvalue weighted by Crippen LogP contribution is -2.05. The van der Waals surface area contributed by atoms with Crippen molar-refractivity contribution in [2.75, 3.05) is 7.11 Å². The third kappa shape index (κ3) is 2.66. The fraction of sp³-hybridized carbons (Fsp3) is 0.500. The fourth-order valence-corrected chi connectivity index (χ4v) is 2.74. The summed E-state index contributed by atoms with van der Waals surface area (Å²) in [5, 5.41) is 0. The number of nitrogens with one attached hydrogen (secondary N) is 1. The molecule has 1 N–H and O–H groups in total. The molecule has 2 rings (SSSR count). The van der Waals surface area contributed by atoms with E-state index >= 15 is 0 Å². The van der Waals surface area contributed by atoms with Crippen LogP contribution in [0.15, 0.2) is 12.1 Å². The number of hydrogen-bond donors (Lipinski definition) is 1. The zero-order valence-electron chi connectivity index (χ0n) is 11.5. The molecule has 0 amide bonds. The van der Waals surface area contributed by atoms with Crippen molar-refractivity contribution in [1.29, 1.82) is 0 Å². The first kappa shape index (κ1) is 14.1. The molecule has 0 aliphatic carbocycles. The van der Waals surface area contributed by atoms with Crippen LogP contribution in [0.1, 0.15) is 39.2 Å². The van der Waals surface area contributed by atoms with Crippen molar-refractivity contribution in [3.05, 3.63) is 22.7 Å². The van der Waals surface area contributed by atoms with Crippen LogP contribution in [0.2, 0.25) is 0 Å². The van der Waals surface area contributed by atoms with Crippen molar-refractivity contribution in [3.8, 4) is 5.75 Å². The summed E-state index contributed by atoms with van der Waals surface area (Å²) in [7, 11) is 1.47. The molecule has 0 spiro atoms. The minimum atomic E-state index is -0.375. The van der Waals surface area contributed by atoms with E-state index in [1.54, 1.807) is 6.07 Å². The number of ether oxygens (including phenoxy) is 1. The number of rotatable bonds is 5. The van der Waals surface area contributed by atoms with Crippen LogP contribution >= 0.6 is 12.2 Å². The topological polar surface area (TPSA) is 29.9 Å². The number of halogens is 1. The second kappa shape index (κ2) is 5.74. The Morgan fingerprint density at radius 3 is 2.84 bits per heavy atom. The smallest absolute Gasteiger partial charge is 0.178 e. The molecule has 0 bridgehead atoms. The van der Waals surface area contributed by atoms with Crippen molar-refractivity contribution in [1.82, 2.24) is 9.55 Å². The molecule has 0 saturated heterocycles. The lowest BCUT2D eigenvalue weighted by Gasteiger charge is -2.14. The third-order valence-electron chi connectivity index (χ3n) is 3.41. The molecule has 0 aliphatic rings. The third-order valence-corrected chi connectivity index (χ3v) is 3.71. The molecular formula is C14H19FN2OS.